The summed E-state index contributed by atoms with van der Waals surface area (Å²) in [6.45, 7) is 0. The normalized spacial score (nSPS) is 10.0. The van der Waals surface area contributed by atoms with Crippen LogP contribution in [0.1, 0.15) is 21.5 Å². The Bertz CT molecular complexity index is 656. The van der Waals surface area contributed by atoms with Crippen molar-refractivity contribution in [2.45, 2.75) is 11.3 Å². The maximum Gasteiger partial charge on any atom is 0.338 e. The smallest absolute Gasteiger partial charge is 0.338 e. The molecule has 0 aliphatic carbocycles. The van der Waals surface area contributed by atoms with Crippen molar-refractivity contribution in [3.63, 3.8) is 0 Å². The number of carbonyl (C=O) groups is 2. The van der Waals surface area contributed by atoms with Crippen LogP contribution in [-0.2, 0) is 16.0 Å². The summed E-state index contributed by atoms with van der Waals surface area (Å²) in [6, 6.07) is 13.0. The Balaban J connectivity index is 2.55. The monoisotopic (exact) mass is 301 g/mol. The minimum Gasteiger partial charge on any atom is -0.465 e. The van der Waals surface area contributed by atoms with Crippen molar-refractivity contribution in [2.24, 2.45) is 0 Å². The molecule has 0 saturated carbocycles. The summed E-state index contributed by atoms with van der Waals surface area (Å²) in [4.78, 5) is 23.3. The molecule has 0 bridgehead atoms. The van der Waals surface area contributed by atoms with E-state index in [0.29, 0.717) is 34.5 Å². The molecule has 0 aliphatic rings. The summed E-state index contributed by atoms with van der Waals surface area (Å²) in [5.41, 5.74) is 2.66. The third-order valence-electron chi connectivity index (χ3n) is 3.12. The van der Waals surface area contributed by atoms with E-state index >= 15 is 0 Å². The van der Waals surface area contributed by atoms with Gasteiger partial charge in [-0.3, -0.25) is 4.79 Å². The fourth-order valence-electron chi connectivity index (χ4n) is 2.14. The SMILES string of the molecule is COC(=O)c1ccc(S)c(NC=O)c1Cc1ccccc1. The van der Waals surface area contributed by atoms with Crippen molar-refractivity contribution < 1.29 is 14.3 Å². The number of thiol groups is 1. The zero-order valence-electron chi connectivity index (χ0n) is 11.5. The van der Waals surface area contributed by atoms with Gasteiger partial charge in [0.05, 0.1) is 18.4 Å². The number of anilines is 1. The number of ether oxygens (including phenoxy) is 1. The summed E-state index contributed by atoms with van der Waals surface area (Å²) in [7, 11) is 1.33. The second-order valence-electron chi connectivity index (χ2n) is 4.40. The molecule has 0 aliphatic heterocycles. The van der Waals surface area contributed by atoms with Crippen molar-refractivity contribution in [1.29, 1.82) is 0 Å². The van der Waals surface area contributed by atoms with Crippen LogP contribution in [0.3, 0.4) is 0 Å². The molecule has 108 valence electrons. The highest BCUT2D eigenvalue weighted by molar-refractivity contribution is 7.80. The molecule has 5 heteroatoms. The molecule has 0 heterocycles. The van der Waals surface area contributed by atoms with Gasteiger partial charge < -0.3 is 10.1 Å². The number of benzene rings is 2. The Kier molecular flexibility index (Phi) is 5.00. The standard InChI is InChI=1S/C16H15NO3S/c1-20-16(19)12-7-8-14(21)15(17-10-18)13(12)9-11-5-3-2-4-6-11/h2-8,10,21H,9H2,1H3,(H,17,18). The highest BCUT2D eigenvalue weighted by Crippen LogP contribution is 2.30. The van der Waals surface area contributed by atoms with E-state index in [1.165, 1.54) is 7.11 Å². The lowest BCUT2D eigenvalue weighted by Gasteiger charge is -2.15. The topological polar surface area (TPSA) is 55.4 Å². The lowest BCUT2D eigenvalue weighted by atomic mass is 9.97. The zero-order valence-corrected chi connectivity index (χ0v) is 12.4. The molecule has 1 amide bonds. The van der Waals surface area contributed by atoms with Crippen molar-refractivity contribution in [2.75, 3.05) is 12.4 Å². The van der Waals surface area contributed by atoms with E-state index in [2.05, 4.69) is 17.9 Å². The molecule has 0 unspecified atom stereocenters. The lowest BCUT2D eigenvalue weighted by Crippen LogP contribution is -2.10. The van der Waals surface area contributed by atoms with Gasteiger partial charge in [0.25, 0.3) is 0 Å². The van der Waals surface area contributed by atoms with Crippen LogP contribution in [0.5, 0.6) is 0 Å². The molecule has 0 aromatic heterocycles. The molecular weight excluding hydrogens is 286 g/mol. The first-order valence-corrected chi connectivity index (χ1v) is 6.79. The van der Waals surface area contributed by atoms with Gasteiger partial charge in [0, 0.05) is 11.3 Å². The summed E-state index contributed by atoms with van der Waals surface area (Å²) in [5.74, 6) is -0.441. The second kappa shape index (κ2) is 6.95. The molecule has 0 atom stereocenters. The maximum absolute atomic E-state index is 11.9. The first-order valence-electron chi connectivity index (χ1n) is 6.34. The van der Waals surface area contributed by atoms with Gasteiger partial charge in [-0.2, -0.15) is 0 Å². The predicted octanol–water partition coefficient (Wildman–Crippen LogP) is 2.92. The van der Waals surface area contributed by atoms with Crippen molar-refractivity contribution in [3.8, 4) is 0 Å². The number of esters is 1. The van der Waals surface area contributed by atoms with Crippen LogP contribution >= 0.6 is 12.6 Å². The first-order chi connectivity index (χ1) is 10.2. The van der Waals surface area contributed by atoms with Gasteiger partial charge >= 0.3 is 5.97 Å². The summed E-state index contributed by atoms with van der Waals surface area (Å²) in [5, 5.41) is 2.62. The number of methoxy groups -OCH3 is 1. The van der Waals surface area contributed by atoms with Crippen LogP contribution in [0.25, 0.3) is 0 Å². The van der Waals surface area contributed by atoms with Crippen molar-refractivity contribution in [1.82, 2.24) is 0 Å². The van der Waals surface area contributed by atoms with E-state index in [9.17, 15) is 9.59 Å². The molecule has 4 nitrogen and oxygen atoms in total. The van der Waals surface area contributed by atoms with E-state index < -0.39 is 5.97 Å². The Labute approximate surface area is 128 Å². The summed E-state index contributed by atoms with van der Waals surface area (Å²) in [6.07, 6.45) is 1.07. The number of carbonyl (C=O) groups excluding carboxylic acids is 2. The molecule has 2 aromatic carbocycles. The van der Waals surface area contributed by atoms with Gasteiger partial charge in [0.2, 0.25) is 6.41 Å². The summed E-state index contributed by atoms with van der Waals surface area (Å²) < 4.78 is 4.81. The number of amides is 1. The second-order valence-corrected chi connectivity index (χ2v) is 4.88. The van der Waals surface area contributed by atoms with Crippen LogP contribution in [0.2, 0.25) is 0 Å². The van der Waals surface area contributed by atoms with Gasteiger partial charge in [0.1, 0.15) is 0 Å². The van der Waals surface area contributed by atoms with E-state index in [4.69, 9.17) is 4.74 Å². The Morgan fingerprint density at radius 1 is 1.24 bits per heavy atom. The molecule has 2 aromatic rings. The van der Waals surface area contributed by atoms with Gasteiger partial charge in [-0.15, -0.1) is 12.6 Å². The van der Waals surface area contributed by atoms with Crippen LogP contribution in [0.15, 0.2) is 47.4 Å². The predicted molar refractivity (Wildman–Crippen MR) is 84.0 cm³/mol. The lowest BCUT2D eigenvalue weighted by molar-refractivity contribution is -0.105. The van der Waals surface area contributed by atoms with Crippen molar-refractivity contribution in [3.05, 3.63) is 59.2 Å². The van der Waals surface area contributed by atoms with E-state index in [0.717, 1.165) is 5.56 Å². The molecule has 0 spiro atoms. The largest absolute Gasteiger partial charge is 0.465 e. The highest BCUT2D eigenvalue weighted by Gasteiger charge is 2.18. The van der Waals surface area contributed by atoms with E-state index in [1.54, 1.807) is 12.1 Å². The third kappa shape index (κ3) is 3.44. The first kappa shape index (κ1) is 15.1. The Morgan fingerprint density at radius 3 is 2.57 bits per heavy atom. The van der Waals surface area contributed by atoms with Gasteiger partial charge in [0.15, 0.2) is 0 Å². The average Bonchev–Trinajstić information content (AvgIpc) is 2.51. The van der Waals surface area contributed by atoms with E-state index in [1.807, 2.05) is 30.3 Å². The number of hydrogen-bond acceptors (Lipinski definition) is 4. The van der Waals surface area contributed by atoms with Gasteiger partial charge in [-0.1, -0.05) is 30.3 Å². The van der Waals surface area contributed by atoms with Gasteiger partial charge in [-0.05, 0) is 23.3 Å². The molecule has 21 heavy (non-hydrogen) atoms. The summed E-state index contributed by atoms with van der Waals surface area (Å²) >= 11 is 4.34. The minimum atomic E-state index is -0.441. The van der Waals surface area contributed by atoms with Crippen LogP contribution in [-0.4, -0.2) is 19.5 Å². The van der Waals surface area contributed by atoms with Gasteiger partial charge in [-0.25, -0.2) is 4.79 Å². The number of nitrogens with one attached hydrogen (secondary N) is 1. The van der Waals surface area contributed by atoms with Crippen molar-refractivity contribution >= 4 is 30.7 Å². The third-order valence-corrected chi connectivity index (χ3v) is 3.50. The quantitative estimate of drug-likeness (QED) is 0.507. The Hall–Kier alpha value is -2.27. The minimum absolute atomic E-state index is 0.420. The Morgan fingerprint density at radius 2 is 1.95 bits per heavy atom. The van der Waals surface area contributed by atoms with E-state index in [-0.39, 0.29) is 0 Å². The zero-order chi connectivity index (χ0) is 15.2. The fraction of sp³-hybridized carbons (Fsp3) is 0.125. The molecule has 0 radical (unpaired) electrons. The molecule has 1 N–H and O–H groups in total. The molecular formula is C16H15NO3S. The van der Waals surface area contributed by atoms with Crippen LogP contribution in [0, 0.1) is 0 Å². The maximum atomic E-state index is 11.9. The fourth-order valence-corrected chi connectivity index (χ4v) is 2.41. The average molecular weight is 301 g/mol. The highest BCUT2D eigenvalue weighted by atomic mass is 32.1. The number of hydrogen-bond donors (Lipinski definition) is 2. The van der Waals surface area contributed by atoms with Crippen LogP contribution in [0.4, 0.5) is 5.69 Å². The molecule has 2 rings (SSSR count). The number of rotatable bonds is 5. The van der Waals surface area contributed by atoms with Crippen LogP contribution < -0.4 is 5.32 Å². The molecule has 0 saturated heterocycles. The molecule has 0 fully saturated rings.